The van der Waals surface area contributed by atoms with E-state index in [1.165, 1.54) is 0 Å². The summed E-state index contributed by atoms with van der Waals surface area (Å²) in [5, 5.41) is 65.3. The molecular weight excluding hydrogens is 444 g/mol. The Kier molecular flexibility index (Phi) is 5.80. The molecule has 0 aromatic rings. The predicted molar refractivity (Wildman–Crippen MR) is 133 cm³/mol. The van der Waals surface area contributed by atoms with Crippen molar-refractivity contribution in [3.63, 3.8) is 0 Å². The zero-order valence-corrected chi connectivity index (χ0v) is 22.3. The molecule has 1 spiro atoms. The maximum Gasteiger partial charge on any atom is 0.0902 e. The monoisotopic (exact) mass is 492 g/mol. The van der Waals surface area contributed by atoms with Gasteiger partial charge in [0, 0.05) is 10.8 Å². The van der Waals surface area contributed by atoms with Crippen LogP contribution in [0.3, 0.4) is 0 Å². The van der Waals surface area contributed by atoms with Gasteiger partial charge in [0.1, 0.15) is 0 Å². The third-order valence-corrected chi connectivity index (χ3v) is 13.0. The molecule has 4 saturated carbocycles. The van der Waals surface area contributed by atoms with E-state index in [0.29, 0.717) is 12.8 Å². The van der Waals surface area contributed by atoms with E-state index in [2.05, 4.69) is 40.7 Å². The van der Waals surface area contributed by atoms with E-state index in [0.717, 1.165) is 44.1 Å². The molecule has 10 atom stereocenters. The first-order valence-corrected chi connectivity index (χ1v) is 13.8. The lowest BCUT2D eigenvalue weighted by molar-refractivity contribution is -0.257. The normalized spacial score (nSPS) is 54.5. The van der Waals surface area contributed by atoms with Crippen molar-refractivity contribution in [1.82, 2.24) is 0 Å². The van der Waals surface area contributed by atoms with Crippen LogP contribution in [-0.4, -0.2) is 68.3 Å². The topological polar surface area (TPSA) is 121 Å². The summed E-state index contributed by atoms with van der Waals surface area (Å²) in [6.45, 7) is 10.4. The Morgan fingerprint density at radius 3 is 2.09 bits per heavy atom. The number of aliphatic hydroxyl groups is 6. The number of aliphatic hydroxyl groups excluding tert-OH is 6. The molecule has 0 heterocycles. The van der Waals surface area contributed by atoms with E-state index in [-0.39, 0.29) is 52.1 Å². The molecule has 0 bridgehead atoms. The van der Waals surface area contributed by atoms with Crippen molar-refractivity contribution >= 4 is 0 Å². The highest BCUT2D eigenvalue weighted by Crippen LogP contribution is 2.74. The Balaban J connectivity index is 1.56. The van der Waals surface area contributed by atoms with Gasteiger partial charge in [0.05, 0.1) is 37.6 Å². The second-order valence-electron chi connectivity index (χ2n) is 14.7. The fraction of sp³-hybridized carbons (Fsp3) is 0.931. The molecule has 0 aromatic carbocycles. The molecule has 0 saturated heterocycles. The Bertz CT molecular complexity index is 896. The van der Waals surface area contributed by atoms with E-state index in [4.69, 9.17) is 0 Å². The van der Waals surface area contributed by atoms with Crippen LogP contribution in [0.25, 0.3) is 0 Å². The molecule has 6 nitrogen and oxygen atoms in total. The van der Waals surface area contributed by atoms with Crippen LogP contribution in [0.1, 0.15) is 86.0 Å². The molecule has 200 valence electrons. The molecule has 0 aromatic heterocycles. The third kappa shape index (κ3) is 3.04. The van der Waals surface area contributed by atoms with Gasteiger partial charge in [-0.15, -0.1) is 0 Å². The van der Waals surface area contributed by atoms with Crippen molar-refractivity contribution in [2.24, 2.45) is 44.3 Å². The Hall–Kier alpha value is -0.500. The first-order valence-electron chi connectivity index (χ1n) is 13.8. The summed E-state index contributed by atoms with van der Waals surface area (Å²) in [5.74, 6) is 0.111. The van der Waals surface area contributed by atoms with E-state index >= 15 is 0 Å². The van der Waals surface area contributed by atoms with Crippen LogP contribution in [0.5, 0.6) is 0 Å². The fourth-order valence-corrected chi connectivity index (χ4v) is 10.7. The highest BCUT2D eigenvalue weighted by atomic mass is 16.3. The standard InChI is InChI=1S/C29H48O6/c1-24(2)14-28(13-21(24)33)11-10-26(4)17(22(28)34)6-7-19-25(3)12-18(32)23(35)29(15-30,16-31)20(25)8-9-27(19,26)5/h6,18-23,30-35H,7-16H2,1-5H3/t18-,19-,20-,21+,22-,23-,25-,26-,27-,28-/m1/s1. The van der Waals surface area contributed by atoms with Crippen LogP contribution in [0.4, 0.5) is 0 Å². The molecule has 5 aliphatic rings. The molecule has 0 unspecified atom stereocenters. The van der Waals surface area contributed by atoms with Gasteiger partial charge in [0.15, 0.2) is 0 Å². The van der Waals surface area contributed by atoms with E-state index in [1.807, 2.05) is 0 Å². The smallest absolute Gasteiger partial charge is 0.0902 e. The summed E-state index contributed by atoms with van der Waals surface area (Å²) < 4.78 is 0. The SMILES string of the molecule is CC1(C)C[C@@]2(CC[C@]3(C)C(=CC[C@@H]4[C@@]5(C)C[C@@H](O)[C@@H](O)C(CO)(CO)[C@@H]5CC[C@]43C)[C@H]2O)C[C@@H]1O. The van der Waals surface area contributed by atoms with Gasteiger partial charge >= 0.3 is 0 Å². The molecule has 0 radical (unpaired) electrons. The van der Waals surface area contributed by atoms with E-state index in [9.17, 15) is 30.6 Å². The van der Waals surface area contributed by atoms with Gasteiger partial charge in [-0.3, -0.25) is 0 Å². The highest BCUT2D eigenvalue weighted by Gasteiger charge is 2.70. The van der Waals surface area contributed by atoms with Crippen molar-refractivity contribution in [3.05, 3.63) is 11.6 Å². The molecule has 6 N–H and O–H groups in total. The van der Waals surface area contributed by atoms with Crippen LogP contribution in [0.2, 0.25) is 0 Å². The average molecular weight is 493 g/mol. The number of hydrogen-bond acceptors (Lipinski definition) is 6. The lowest BCUT2D eigenvalue weighted by Crippen LogP contribution is -2.69. The number of fused-ring (bicyclic) bond motifs is 5. The molecule has 0 aliphatic heterocycles. The average Bonchev–Trinajstić information content (AvgIpc) is 3.03. The molecule has 5 aliphatic carbocycles. The zero-order valence-electron chi connectivity index (χ0n) is 22.3. The van der Waals surface area contributed by atoms with Gasteiger partial charge in [0.25, 0.3) is 0 Å². The molecular formula is C29H48O6. The Morgan fingerprint density at radius 1 is 0.857 bits per heavy atom. The molecule has 35 heavy (non-hydrogen) atoms. The quantitative estimate of drug-likeness (QED) is 0.330. The van der Waals surface area contributed by atoms with Crippen LogP contribution in [0, 0.1) is 44.3 Å². The van der Waals surface area contributed by atoms with Gasteiger partial charge in [-0.2, -0.15) is 0 Å². The lowest BCUT2D eigenvalue weighted by Gasteiger charge is -2.71. The summed E-state index contributed by atoms with van der Waals surface area (Å²) in [7, 11) is 0. The van der Waals surface area contributed by atoms with Crippen molar-refractivity contribution in [2.75, 3.05) is 13.2 Å². The number of rotatable bonds is 2. The largest absolute Gasteiger partial charge is 0.396 e. The number of hydrogen-bond donors (Lipinski definition) is 6. The lowest BCUT2D eigenvalue weighted by atomic mass is 9.34. The van der Waals surface area contributed by atoms with E-state index in [1.54, 1.807) is 0 Å². The first-order chi connectivity index (χ1) is 16.2. The van der Waals surface area contributed by atoms with Crippen molar-refractivity contribution < 1.29 is 30.6 Å². The summed E-state index contributed by atoms with van der Waals surface area (Å²) >= 11 is 0. The van der Waals surface area contributed by atoms with Crippen LogP contribution >= 0.6 is 0 Å². The van der Waals surface area contributed by atoms with Gasteiger partial charge in [-0.05, 0) is 90.4 Å². The second kappa shape index (κ2) is 7.77. The summed E-state index contributed by atoms with van der Waals surface area (Å²) in [4.78, 5) is 0. The first kappa shape index (κ1) is 26.1. The molecule has 5 rings (SSSR count). The van der Waals surface area contributed by atoms with Crippen LogP contribution in [0.15, 0.2) is 11.6 Å². The Labute approximate surface area is 210 Å². The third-order valence-electron chi connectivity index (χ3n) is 13.0. The molecule has 4 fully saturated rings. The fourth-order valence-electron chi connectivity index (χ4n) is 10.7. The summed E-state index contributed by atoms with van der Waals surface area (Å²) in [6, 6.07) is 0. The number of allylic oxidation sites excluding steroid dienone is 1. The van der Waals surface area contributed by atoms with Gasteiger partial charge in [-0.25, -0.2) is 0 Å². The zero-order chi connectivity index (χ0) is 25.8. The Morgan fingerprint density at radius 2 is 1.51 bits per heavy atom. The minimum Gasteiger partial charge on any atom is -0.396 e. The van der Waals surface area contributed by atoms with E-state index < -0.39 is 29.8 Å². The second-order valence-corrected chi connectivity index (χ2v) is 14.7. The maximum absolute atomic E-state index is 11.9. The van der Waals surface area contributed by atoms with Crippen molar-refractivity contribution in [2.45, 2.75) is 110 Å². The summed E-state index contributed by atoms with van der Waals surface area (Å²) in [5.41, 5.74) is -1.11. The van der Waals surface area contributed by atoms with Crippen LogP contribution in [-0.2, 0) is 0 Å². The van der Waals surface area contributed by atoms with Gasteiger partial charge in [-0.1, -0.05) is 40.7 Å². The minimum atomic E-state index is -1.14. The van der Waals surface area contributed by atoms with Gasteiger partial charge in [0.2, 0.25) is 0 Å². The van der Waals surface area contributed by atoms with Gasteiger partial charge < -0.3 is 30.6 Å². The highest BCUT2D eigenvalue weighted by molar-refractivity contribution is 5.35. The summed E-state index contributed by atoms with van der Waals surface area (Å²) in [6.07, 6.45) is 5.40. The van der Waals surface area contributed by atoms with Crippen molar-refractivity contribution in [3.8, 4) is 0 Å². The minimum absolute atomic E-state index is 0.0920. The maximum atomic E-state index is 11.9. The molecule has 6 heteroatoms. The molecule has 0 amide bonds. The van der Waals surface area contributed by atoms with Crippen LogP contribution < -0.4 is 0 Å². The van der Waals surface area contributed by atoms with Crippen molar-refractivity contribution in [1.29, 1.82) is 0 Å². The predicted octanol–water partition coefficient (Wildman–Crippen LogP) is 2.78.